The van der Waals surface area contributed by atoms with Gasteiger partial charge in [0.1, 0.15) is 0 Å². The van der Waals surface area contributed by atoms with Crippen molar-refractivity contribution < 1.29 is 4.79 Å². The van der Waals surface area contributed by atoms with E-state index in [-0.39, 0.29) is 5.91 Å². The zero-order chi connectivity index (χ0) is 15.2. The van der Waals surface area contributed by atoms with Gasteiger partial charge in [-0.1, -0.05) is 37.6 Å². The summed E-state index contributed by atoms with van der Waals surface area (Å²) in [6.07, 6.45) is 2.79. The molecule has 0 saturated carbocycles. The van der Waals surface area contributed by atoms with Crippen LogP contribution in [0.2, 0.25) is 5.02 Å². The zero-order valence-corrected chi connectivity index (χ0v) is 13.7. The summed E-state index contributed by atoms with van der Waals surface area (Å²) < 4.78 is 0. The fraction of sp³-hybridized carbons (Fsp3) is 0.588. The Morgan fingerprint density at radius 2 is 2.10 bits per heavy atom. The van der Waals surface area contributed by atoms with Gasteiger partial charge in [-0.05, 0) is 43.0 Å². The van der Waals surface area contributed by atoms with Gasteiger partial charge in [0.05, 0.1) is 6.42 Å². The molecule has 1 fully saturated rings. The predicted molar refractivity (Wildman–Crippen MR) is 87.6 cm³/mol. The molecule has 4 heteroatoms. The summed E-state index contributed by atoms with van der Waals surface area (Å²) in [6.45, 7) is 7.09. The van der Waals surface area contributed by atoms with Crippen molar-refractivity contribution in [1.29, 1.82) is 0 Å². The summed E-state index contributed by atoms with van der Waals surface area (Å²) in [5, 5.41) is 4.19. The Kier molecular flexibility index (Phi) is 6.07. The first-order chi connectivity index (χ1) is 10.0. The molecule has 0 spiro atoms. The van der Waals surface area contributed by atoms with E-state index < -0.39 is 0 Å². The lowest BCUT2D eigenvalue weighted by Gasteiger charge is -2.33. The molecule has 1 aromatic carbocycles. The van der Waals surface area contributed by atoms with Crippen LogP contribution < -0.4 is 5.32 Å². The maximum absolute atomic E-state index is 12.4. The number of hydrogen-bond acceptors (Lipinski definition) is 2. The molecule has 0 radical (unpaired) electrons. The molecule has 1 heterocycles. The highest BCUT2D eigenvalue weighted by atomic mass is 35.5. The maximum Gasteiger partial charge on any atom is 0.226 e. The van der Waals surface area contributed by atoms with Gasteiger partial charge in [-0.2, -0.15) is 0 Å². The fourth-order valence-electron chi connectivity index (χ4n) is 2.75. The molecule has 116 valence electrons. The van der Waals surface area contributed by atoms with E-state index in [9.17, 15) is 4.79 Å². The fourth-order valence-corrected chi connectivity index (χ4v) is 2.88. The number of nitrogens with one attached hydrogen (secondary N) is 1. The molecule has 21 heavy (non-hydrogen) atoms. The normalized spacial score (nSPS) is 19.0. The first kappa shape index (κ1) is 16.3. The van der Waals surface area contributed by atoms with Crippen molar-refractivity contribution in [2.24, 2.45) is 5.92 Å². The van der Waals surface area contributed by atoms with Gasteiger partial charge in [0.2, 0.25) is 5.91 Å². The number of amides is 1. The summed E-state index contributed by atoms with van der Waals surface area (Å²) in [4.78, 5) is 14.4. The average molecular weight is 309 g/mol. The molecule has 1 amide bonds. The smallest absolute Gasteiger partial charge is 0.226 e. The van der Waals surface area contributed by atoms with E-state index in [1.165, 1.54) is 6.42 Å². The molecule has 1 aliphatic rings. The molecule has 1 N–H and O–H groups in total. The molecule has 1 aromatic rings. The van der Waals surface area contributed by atoms with E-state index in [1.807, 2.05) is 29.2 Å². The minimum absolute atomic E-state index is 0.228. The van der Waals surface area contributed by atoms with E-state index in [0.717, 1.165) is 31.6 Å². The van der Waals surface area contributed by atoms with Crippen LogP contribution in [0.1, 0.15) is 32.3 Å². The van der Waals surface area contributed by atoms with Gasteiger partial charge in [-0.15, -0.1) is 0 Å². The third-order valence-electron chi connectivity index (χ3n) is 3.96. The Labute approximate surface area is 132 Å². The minimum Gasteiger partial charge on any atom is -0.342 e. The highest BCUT2D eigenvalue weighted by Crippen LogP contribution is 2.18. The standard InChI is InChI=1S/C17H25ClN2O/c1-13(2)19-11-15-4-3-9-20(12-15)17(21)10-14-5-7-16(18)8-6-14/h5-8,13,15,19H,3-4,9-12H2,1-2H3. The summed E-state index contributed by atoms with van der Waals surface area (Å²) >= 11 is 5.87. The van der Waals surface area contributed by atoms with Crippen molar-refractivity contribution in [3.63, 3.8) is 0 Å². The van der Waals surface area contributed by atoms with Crippen LogP contribution in [0.25, 0.3) is 0 Å². The summed E-state index contributed by atoms with van der Waals surface area (Å²) in [6, 6.07) is 8.06. The molecule has 0 aliphatic carbocycles. The molecule has 0 aromatic heterocycles. The van der Waals surface area contributed by atoms with Crippen molar-refractivity contribution in [3.05, 3.63) is 34.9 Å². The third kappa shape index (κ3) is 5.33. The number of carbonyl (C=O) groups is 1. The van der Waals surface area contributed by atoms with Crippen LogP contribution in [-0.2, 0) is 11.2 Å². The molecular weight excluding hydrogens is 284 g/mol. The first-order valence-electron chi connectivity index (χ1n) is 7.80. The van der Waals surface area contributed by atoms with Crippen LogP contribution >= 0.6 is 11.6 Å². The summed E-state index contributed by atoms with van der Waals surface area (Å²) in [5.41, 5.74) is 1.03. The van der Waals surface area contributed by atoms with Crippen LogP contribution in [0.5, 0.6) is 0 Å². The van der Waals surface area contributed by atoms with Gasteiger partial charge < -0.3 is 10.2 Å². The molecule has 2 rings (SSSR count). The average Bonchev–Trinajstić information content (AvgIpc) is 2.48. The Morgan fingerprint density at radius 1 is 1.38 bits per heavy atom. The van der Waals surface area contributed by atoms with Crippen molar-refractivity contribution in [3.8, 4) is 0 Å². The molecule has 1 saturated heterocycles. The Bertz CT molecular complexity index is 458. The van der Waals surface area contributed by atoms with Crippen LogP contribution in [0.15, 0.2) is 24.3 Å². The Hall–Kier alpha value is -1.06. The summed E-state index contributed by atoms with van der Waals surface area (Å²) in [7, 11) is 0. The Morgan fingerprint density at radius 3 is 2.76 bits per heavy atom. The zero-order valence-electron chi connectivity index (χ0n) is 12.9. The SMILES string of the molecule is CC(C)NCC1CCCN(C(=O)Cc2ccc(Cl)cc2)C1. The second kappa shape index (κ2) is 7.81. The summed E-state index contributed by atoms with van der Waals surface area (Å²) in [5.74, 6) is 0.807. The van der Waals surface area contributed by atoms with E-state index in [4.69, 9.17) is 11.6 Å². The highest BCUT2D eigenvalue weighted by molar-refractivity contribution is 6.30. The number of carbonyl (C=O) groups excluding carboxylic acids is 1. The molecule has 1 unspecified atom stereocenters. The molecule has 1 atom stereocenters. The maximum atomic E-state index is 12.4. The second-order valence-electron chi connectivity index (χ2n) is 6.21. The number of halogens is 1. The third-order valence-corrected chi connectivity index (χ3v) is 4.21. The van der Waals surface area contributed by atoms with Gasteiger partial charge in [0, 0.05) is 24.2 Å². The van der Waals surface area contributed by atoms with E-state index in [2.05, 4.69) is 19.2 Å². The van der Waals surface area contributed by atoms with Crippen molar-refractivity contribution in [2.75, 3.05) is 19.6 Å². The molecule has 1 aliphatic heterocycles. The largest absolute Gasteiger partial charge is 0.342 e. The van der Waals surface area contributed by atoms with Crippen molar-refractivity contribution in [2.45, 2.75) is 39.2 Å². The molecular formula is C17H25ClN2O. The molecule has 3 nitrogen and oxygen atoms in total. The molecule has 0 bridgehead atoms. The Balaban J connectivity index is 1.85. The number of benzene rings is 1. The van der Waals surface area contributed by atoms with Crippen molar-refractivity contribution in [1.82, 2.24) is 10.2 Å². The lowest BCUT2D eigenvalue weighted by Crippen LogP contribution is -2.44. The quantitative estimate of drug-likeness (QED) is 0.906. The van der Waals surface area contributed by atoms with Crippen LogP contribution in [0.4, 0.5) is 0 Å². The number of hydrogen-bond donors (Lipinski definition) is 1. The van der Waals surface area contributed by atoms with Crippen LogP contribution in [0.3, 0.4) is 0 Å². The minimum atomic E-state index is 0.228. The van der Waals surface area contributed by atoms with Crippen LogP contribution in [0, 0.1) is 5.92 Å². The highest BCUT2D eigenvalue weighted by Gasteiger charge is 2.23. The number of nitrogens with zero attached hydrogens (tertiary/aromatic N) is 1. The van der Waals surface area contributed by atoms with Gasteiger partial charge >= 0.3 is 0 Å². The van der Waals surface area contributed by atoms with Crippen molar-refractivity contribution >= 4 is 17.5 Å². The monoisotopic (exact) mass is 308 g/mol. The number of likely N-dealkylation sites (tertiary alicyclic amines) is 1. The predicted octanol–water partition coefficient (Wildman–Crippen LogP) is 3.12. The lowest BCUT2D eigenvalue weighted by atomic mass is 9.97. The van der Waals surface area contributed by atoms with Gasteiger partial charge in [0.25, 0.3) is 0 Å². The van der Waals surface area contributed by atoms with Gasteiger partial charge in [0.15, 0.2) is 0 Å². The second-order valence-corrected chi connectivity index (χ2v) is 6.65. The van der Waals surface area contributed by atoms with Gasteiger partial charge in [-0.25, -0.2) is 0 Å². The lowest BCUT2D eigenvalue weighted by molar-refractivity contribution is -0.132. The number of rotatable bonds is 5. The van der Waals surface area contributed by atoms with Crippen LogP contribution in [-0.4, -0.2) is 36.5 Å². The van der Waals surface area contributed by atoms with Gasteiger partial charge in [-0.3, -0.25) is 4.79 Å². The van der Waals surface area contributed by atoms with E-state index in [1.54, 1.807) is 0 Å². The van der Waals surface area contributed by atoms with E-state index in [0.29, 0.717) is 23.4 Å². The van der Waals surface area contributed by atoms with E-state index >= 15 is 0 Å². The number of piperidine rings is 1. The first-order valence-corrected chi connectivity index (χ1v) is 8.18. The topological polar surface area (TPSA) is 32.3 Å².